The van der Waals surface area contributed by atoms with Crippen LogP contribution in [0.25, 0.3) is 0 Å². The van der Waals surface area contributed by atoms with Crippen molar-refractivity contribution in [2.24, 2.45) is 0 Å². The minimum absolute atomic E-state index is 0.0166. The Morgan fingerprint density at radius 1 is 0.689 bits per heavy atom. The van der Waals surface area contributed by atoms with Crippen molar-refractivity contribution in [1.82, 2.24) is 5.32 Å². The molecule has 0 aliphatic carbocycles. The van der Waals surface area contributed by atoms with Crippen LogP contribution in [0, 0.1) is 0 Å². The Hall–Kier alpha value is -2.30. The van der Waals surface area contributed by atoms with E-state index < -0.39 is 91.1 Å². The van der Waals surface area contributed by atoms with Crippen molar-refractivity contribution in [3.8, 4) is 0 Å². The van der Waals surface area contributed by atoms with Gasteiger partial charge in [0.2, 0.25) is 5.91 Å². The summed E-state index contributed by atoms with van der Waals surface area (Å²) in [4.78, 5) is 43.9. The van der Waals surface area contributed by atoms with Gasteiger partial charge in [-0.05, 0) is 19.3 Å². The number of carboxylic acid groups (broad SMARTS) is 1. The number of aliphatic carboxylic acids is 1. The van der Waals surface area contributed by atoms with E-state index in [0.717, 1.165) is 0 Å². The first kappa shape index (κ1) is 40.7. The highest BCUT2D eigenvalue weighted by Gasteiger charge is 2.45. The molecule has 6 radical (unpaired) electrons. The van der Waals surface area contributed by atoms with Gasteiger partial charge in [-0.1, -0.05) is 20.8 Å². The van der Waals surface area contributed by atoms with E-state index in [9.17, 15) is 32.3 Å². The second-order valence-corrected chi connectivity index (χ2v) is 10.4. The average molecular weight is 645 g/mol. The number of amides is 1. The molecule has 3 unspecified atom stereocenters. The Morgan fingerprint density at radius 3 is 1.38 bits per heavy atom. The molecule has 3 aliphatic heterocycles. The summed E-state index contributed by atoms with van der Waals surface area (Å²) in [5.41, 5.74) is 0. The fourth-order valence-electron chi connectivity index (χ4n) is 4.50. The SMILES string of the molecule is [B][C@@H]1O[C@H](CC)[C@H](O)C1F.[B][C@@H]1O[C@H](CC)[C@H](OC(=O)CCC(=O)NC)C1F.[B][C@@H]1O[C@H](CC)[C@H](OC(=O)CCC(=O)O)C1F. The molecule has 1 amide bonds. The number of rotatable bonds is 11. The molecule has 12 nitrogen and oxygen atoms in total. The second kappa shape index (κ2) is 20.1. The minimum Gasteiger partial charge on any atom is -0.481 e. The largest absolute Gasteiger partial charge is 0.481 e. The minimum atomic E-state index is -1.58. The predicted molar refractivity (Wildman–Crippen MR) is 155 cm³/mol. The first-order valence-electron chi connectivity index (χ1n) is 14.8. The fraction of sp³-hybridized carbons (Fsp3) is 0.852. The molecular formula is C27H41B3F3NO11. The molecule has 45 heavy (non-hydrogen) atoms. The molecule has 18 heteroatoms. The predicted octanol–water partition coefficient (Wildman–Crippen LogP) is 0.459. The lowest BCUT2D eigenvalue weighted by Gasteiger charge is -2.18. The van der Waals surface area contributed by atoms with E-state index in [1.54, 1.807) is 13.8 Å². The fourth-order valence-corrected chi connectivity index (χ4v) is 4.50. The molecule has 3 heterocycles. The zero-order chi connectivity index (χ0) is 34.4. The molecule has 0 bridgehead atoms. The van der Waals surface area contributed by atoms with Crippen LogP contribution in [0.2, 0.25) is 0 Å². The van der Waals surface area contributed by atoms with Gasteiger partial charge >= 0.3 is 17.9 Å². The molecule has 3 aliphatic rings. The number of ether oxygens (including phenoxy) is 5. The van der Waals surface area contributed by atoms with E-state index >= 15 is 0 Å². The van der Waals surface area contributed by atoms with Crippen LogP contribution in [0.3, 0.4) is 0 Å². The average Bonchev–Trinajstić information content (AvgIpc) is 3.55. The first-order chi connectivity index (χ1) is 21.1. The number of aliphatic hydroxyl groups excluding tert-OH is 1. The van der Waals surface area contributed by atoms with Gasteiger partial charge in [-0.2, -0.15) is 0 Å². The van der Waals surface area contributed by atoms with Crippen molar-refractivity contribution in [3.05, 3.63) is 0 Å². The molecule has 12 atom stereocenters. The highest BCUT2D eigenvalue weighted by molar-refractivity contribution is 6.12. The summed E-state index contributed by atoms with van der Waals surface area (Å²) < 4.78 is 64.8. The third-order valence-corrected chi connectivity index (χ3v) is 7.13. The van der Waals surface area contributed by atoms with E-state index in [1.165, 1.54) is 7.05 Å². The Kier molecular flexibility index (Phi) is 18.1. The standard InChI is InChI=1S/C11H17BFNO4.C10H14BFO5.C6H10BFO2/c1-3-6-10(9(13)11(12)17-6)18-8(16)5-4-7(15)14-2;1-2-5-9(8(12)10(11)16-5)17-7(15)4-3-6(13)14;1-2-3-5(9)4(8)6(7)10-3/h6,9-11H,3-5H2,1-2H3,(H,14,15);5,8-10H,2-4H2,1H3,(H,13,14);3-6,9H,2H2,1H3/t6-,9?,10+,11-;5-,8?,9+,10-;3-,4?,5+,6-/m111/s1. The third kappa shape index (κ3) is 12.8. The third-order valence-electron chi connectivity index (χ3n) is 7.13. The number of esters is 2. The van der Waals surface area contributed by atoms with Crippen molar-refractivity contribution in [2.45, 2.75) is 139 Å². The maximum atomic E-state index is 13.6. The smallest absolute Gasteiger partial charge is 0.306 e. The summed E-state index contributed by atoms with van der Waals surface area (Å²) in [6.07, 6.45) is -8.27. The molecule has 250 valence electrons. The van der Waals surface area contributed by atoms with Gasteiger partial charge in [-0.3, -0.25) is 19.2 Å². The van der Waals surface area contributed by atoms with Crippen molar-refractivity contribution in [2.75, 3.05) is 7.05 Å². The number of nitrogens with one attached hydrogen (secondary N) is 1. The summed E-state index contributed by atoms with van der Waals surface area (Å²) in [5.74, 6) is -2.75. The Morgan fingerprint density at radius 2 is 1.07 bits per heavy atom. The summed E-state index contributed by atoms with van der Waals surface area (Å²) in [5, 5.41) is 19.8. The number of carboxylic acids is 1. The lowest BCUT2D eigenvalue weighted by Crippen LogP contribution is -2.34. The van der Waals surface area contributed by atoms with Gasteiger partial charge in [0.15, 0.2) is 24.6 Å². The lowest BCUT2D eigenvalue weighted by molar-refractivity contribution is -0.156. The van der Waals surface area contributed by atoms with E-state index in [2.05, 4.69) is 5.32 Å². The molecule has 0 aromatic heterocycles. The van der Waals surface area contributed by atoms with E-state index in [0.29, 0.717) is 19.3 Å². The number of halogens is 3. The van der Waals surface area contributed by atoms with Gasteiger partial charge < -0.3 is 39.2 Å². The zero-order valence-corrected chi connectivity index (χ0v) is 25.8. The topological polar surface area (TPSA) is 167 Å². The molecule has 0 spiro atoms. The number of alkyl halides is 3. The molecule has 3 fully saturated rings. The number of aliphatic hydroxyl groups is 1. The van der Waals surface area contributed by atoms with Crippen LogP contribution in [0.15, 0.2) is 0 Å². The molecule has 0 aromatic rings. The normalized spacial score (nSPS) is 35.3. The quantitative estimate of drug-likeness (QED) is 0.211. The summed E-state index contributed by atoms with van der Waals surface area (Å²) in [6.45, 7) is 5.37. The molecule has 0 aromatic carbocycles. The number of carbonyl (C=O) groups is 4. The van der Waals surface area contributed by atoms with Crippen LogP contribution in [-0.2, 0) is 42.9 Å². The highest BCUT2D eigenvalue weighted by Crippen LogP contribution is 2.28. The van der Waals surface area contributed by atoms with E-state index in [-0.39, 0.29) is 31.6 Å². The molecule has 3 rings (SSSR count). The Labute approximate surface area is 265 Å². The lowest BCUT2D eigenvalue weighted by atomic mass is 9.94. The van der Waals surface area contributed by atoms with Gasteiger partial charge in [0.05, 0.1) is 55.6 Å². The van der Waals surface area contributed by atoms with Crippen LogP contribution >= 0.6 is 0 Å². The molecular weight excluding hydrogens is 604 g/mol. The summed E-state index contributed by atoms with van der Waals surface area (Å²) >= 11 is 0. The van der Waals surface area contributed by atoms with Crippen molar-refractivity contribution >= 4 is 47.4 Å². The molecule has 3 N–H and O–H groups in total. The molecule has 0 saturated carbocycles. The number of hydrogen-bond acceptors (Lipinski definition) is 10. The zero-order valence-electron chi connectivity index (χ0n) is 25.8. The van der Waals surface area contributed by atoms with Crippen LogP contribution in [0.4, 0.5) is 13.2 Å². The van der Waals surface area contributed by atoms with Crippen LogP contribution in [0.5, 0.6) is 0 Å². The van der Waals surface area contributed by atoms with Crippen LogP contribution in [-0.4, -0.2) is 138 Å². The maximum absolute atomic E-state index is 13.6. The summed E-state index contributed by atoms with van der Waals surface area (Å²) in [6, 6.07) is -3.11. The Balaban J connectivity index is 0.000000351. The number of hydrogen-bond donors (Lipinski definition) is 3. The van der Waals surface area contributed by atoms with Crippen molar-refractivity contribution in [1.29, 1.82) is 0 Å². The van der Waals surface area contributed by atoms with Crippen molar-refractivity contribution in [3.63, 3.8) is 0 Å². The van der Waals surface area contributed by atoms with Gasteiger partial charge in [-0.15, -0.1) is 0 Å². The van der Waals surface area contributed by atoms with Gasteiger partial charge in [0.1, 0.15) is 35.8 Å². The highest BCUT2D eigenvalue weighted by atomic mass is 19.1. The van der Waals surface area contributed by atoms with Crippen LogP contribution in [0.1, 0.15) is 65.7 Å². The van der Waals surface area contributed by atoms with Crippen molar-refractivity contribution < 1.29 is 66.2 Å². The number of carbonyl (C=O) groups excluding carboxylic acids is 3. The van der Waals surface area contributed by atoms with E-state index in [1.807, 2.05) is 6.92 Å². The monoisotopic (exact) mass is 645 g/mol. The first-order valence-corrected chi connectivity index (χ1v) is 14.8. The summed E-state index contributed by atoms with van der Waals surface area (Å²) in [7, 11) is 17.4. The maximum Gasteiger partial charge on any atom is 0.306 e. The van der Waals surface area contributed by atoms with Gasteiger partial charge in [0, 0.05) is 13.5 Å². The Bertz CT molecular complexity index is 959. The van der Waals surface area contributed by atoms with Crippen LogP contribution < -0.4 is 5.32 Å². The second-order valence-electron chi connectivity index (χ2n) is 10.4. The van der Waals surface area contributed by atoms with E-state index in [4.69, 9.17) is 57.4 Å². The van der Waals surface area contributed by atoms with Gasteiger partial charge in [0.25, 0.3) is 0 Å². The molecule has 3 saturated heterocycles. The van der Waals surface area contributed by atoms with Gasteiger partial charge in [-0.25, -0.2) is 13.2 Å².